The molecule has 3 amide bonds. The number of aliphatic hydroxyl groups excluding tert-OH is 1. The second kappa shape index (κ2) is 10.1. The van der Waals surface area contributed by atoms with Crippen molar-refractivity contribution >= 4 is 38.6 Å². The number of nitrogens with one attached hydrogen (secondary N) is 2. The molecule has 1 aliphatic heterocycles. The Bertz CT molecular complexity index is 1270. The molecular weight excluding hydrogens is 482 g/mol. The highest BCUT2D eigenvalue weighted by Crippen LogP contribution is 2.31. The summed E-state index contributed by atoms with van der Waals surface area (Å²) in [6, 6.07) is 5.28. The fraction of sp³-hybridized carbons (Fsp3) is 0.458. The van der Waals surface area contributed by atoms with Gasteiger partial charge in [-0.1, -0.05) is 17.4 Å². The lowest BCUT2D eigenvalue weighted by molar-refractivity contribution is -0.123. The number of nitrogens with zero attached hydrogens (tertiary/aromatic N) is 4. The van der Waals surface area contributed by atoms with Gasteiger partial charge in [-0.3, -0.25) is 4.79 Å². The van der Waals surface area contributed by atoms with Gasteiger partial charge in [-0.25, -0.2) is 19.7 Å². The van der Waals surface area contributed by atoms with Crippen molar-refractivity contribution in [1.82, 2.24) is 25.2 Å². The number of anilines is 1. The van der Waals surface area contributed by atoms with Crippen LogP contribution in [-0.4, -0.2) is 74.3 Å². The Morgan fingerprint density at radius 1 is 1.31 bits per heavy atom. The number of primary amides is 1. The van der Waals surface area contributed by atoms with Crippen LogP contribution in [0.2, 0.25) is 0 Å². The van der Waals surface area contributed by atoms with Gasteiger partial charge < -0.3 is 31.1 Å². The Balaban J connectivity index is 1.25. The Morgan fingerprint density at radius 3 is 2.83 bits per heavy atom. The number of hydrogen-bond acceptors (Lipinski definition) is 9. The van der Waals surface area contributed by atoms with Crippen LogP contribution in [0, 0.1) is 0 Å². The van der Waals surface area contributed by atoms with Gasteiger partial charge >= 0.3 is 6.03 Å². The molecule has 2 aromatic heterocycles. The zero-order chi connectivity index (χ0) is 25.3. The number of urea groups is 1. The third kappa shape index (κ3) is 5.16. The molecule has 12 heteroatoms. The average Bonchev–Trinajstić information content (AvgIpc) is 3.47. The Labute approximate surface area is 212 Å². The van der Waals surface area contributed by atoms with Crippen LogP contribution in [0.25, 0.3) is 21.3 Å². The Kier molecular flexibility index (Phi) is 6.84. The van der Waals surface area contributed by atoms with Gasteiger partial charge in [0.15, 0.2) is 11.0 Å². The first-order valence-electron chi connectivity index (χ1n) is 11.9. The van der Waals surface area contributed by atoms with E-state index >= 15 is 0 Å². The van der Waals surface area contributed by atoms with E-state index in [1.54, 1.807) is 19.3 Å². The molecule has 2 aliphatic rings. The molecule has 1 aliphatic carbocycles. The van der Waals surface area contributed by atoms with Crippen molar-refractivity contribution in [3.05, 3.63) is 36.4 Å². The van der Waals surface area contributed by atoms with Crippen molar-refractivity contribution < 1.29 is 19.4 Å². The van der Waals surface area contributed by atoms with Gasteiger partial charge in [0, 0.05) is 37.6 Å². The van der Waals surface area contributed by atoms with Crippen LogP contribution >= 0.6 is 11.3 Å². The second-order valence-electron chi connectivity index (χ2n) is 9.41. The van der Waals surface area contributed by atoms with Gasteiger partial charge in [-0.2, -0.15) is 0 Å². The quantitative estimate of drug-likeness (QED) is 0.391. The van der Waals surface area contributed by atoms with Gasteiger partial charge in [-0.15, -0.1) is 0 Å². The summed E-state index contributed by atoms with van der Waals surface area (Å²) in [6.45, 7) is 3.14. The first-order valence-corrected chi connectivity index (χ1v) is 12.7. The van der Waals surface area contributed by atoms with Crippen molar-refractivity contribution in [2.24, 2.45) is 5.73 Å². The maximum atomic E-state index is 13.0. The van der Waals surface area contributed by atoms with Gasteiger partial charge in [-0.05, 0) is 43.9 Å². The first-order chi connectivity index (χ1) is 17.3. The molecule has 3 aromatic rings. The van der Waals surface area contributed by atoms with Crippen molar-refractivity contribution in [2.45, 2.75) is 50.5 Å². The molecule has 11 nitrogen and oxygen atoms in total. The van der Waals surface area contributed by atoms with E-state index in [9.17, 15) is 14.7 Å². The Hall–Kier alpha value is -3.19. The SMILES string of the molecule is CC1(C(=O)Nc2nc3ccc(-c4cnc(CO[C@H]5CCC[C@@H]5O)nc4)cc3s2)CN(C(N)=O)CCN1. The maximum Gasteiger partial charge on any atom is 0.314 e. The number of carbonyl (C=O) groups excluding carboxylic acids is 2. The predicted octanol–water partition coefficient (Wildman–Crippen LogP) is 1.86. The number of amides is 3. The Morgan fingerprint density at radius 2 is 2.11 bits per heavy atom. The number of ether oxygens (including phenoxy) is 1. The molecule has 190 valence electrons. The summed E-state index contributed by atoms with van der Waals surface area (Å²) >= 11 is 1.37. The van der Waals surface area contributed by atoms with Crippen LogP contribution in [-0.2, 0) is 16.1 Å². The summed E-state index contributed by atoms with van der Waals surface area (Å²) < 4.78 is 6.67. The minimum Gasteiger partial charge on any atom is -0.390 e. The zero-order valence-electron chi connectivity index (χ0n) is 19.9. The van der Waals surface area contributed by atoms with Gasteiger partial charge in [0.1, 0.15) is 12.1 Å². The summed E-state index contributed by atoms with van der Waals surface area (Å²) in [5.41, 5.74) is 6.99. The molecule has 1 aromatic carbocycles. The molecule has 2 fully saturated rings. The average molecular weight is 512 g/mol. The molecule has 5 N–H and O–H groups in total. The summed E-state index contributed by atoms with van der Waals surface area (Å²) in [5.74, 6) is 0.297. The molecule has 5 rings (SSSR count). The van der Waals surface area contributed by atoms with E-state index in [-0.39, 0.29) is 25.2 Å². The zero-order valence-corrected chi connectivity index (χ0v) is 20.8. The summed E-state index contributed by atoms with van der Waals surface area (Å²) in [4.78, 5) is 39.4. The van der Waals surface area contributed by atoms with Crippen LogP contribution < -0.4 is 16.4 Å². The lowest BCUT2D eigenvalue weighted by Crippen LogP contribution is -2.65. The standard InChI is InChI=1S/C24H29N7O4S/c1-24(13-31(22(25)34)8-7-28-24)21(33)30-23-29-16-6-5-14(9-19(16)36-23)15-10-26-20(27-11-15)12-35-18-4-2-3-17(18)32/h5-6,9-11,17-18,28,32H,2-4,7-8,12-13H2,1H3,(H2,25,34)(H,29,30,33)/t17-,18-,24?/m0/s1. The third-order valence-corrected chi connectivity index (χ3v) is 7.64. The molecule has 0 spiro atoms. The second-order valence-corrected chi connectivity index (χ2v) is 10.4. The highest BCUT2D eigenvalue weighted by Gasteiger charge is 2.39. The number of hydrogen-bond donors (Lipinski definition) is 4. The molecule has 3 atom stereocenters. The number of carbonyl (C=O) groups is 2. The lowest BCUT2D eigenvalue weighted by Gasteiger charge is -2.39. The van der Waals surface area contributed by atoms with Crippen molar-refractivity contribution in [3.8, 4) is 11.1 Å². The highest BCUT2D eigenvalue weighted by molar-refractivity contribution is 7.22. The number of nitrogens with two attached hydrogens (primary N) is 1. The number of rotatable bonds is 6. The minimum absolute atomic E-state index is 0.143. The van der Waals surface area contributed by atoms with E-state index in [4.69, 9.17) is 10.5 Å². The minimum atomic E-state index is -0.963. The smallest absolute Gasteiger partial charge is 0.314 e. The monoisotopic (exact) mass is 511 g/mol. The van der Waals surface area contributed by atoms with E-state index < -0.39 is 17.7 Å². The summed E-state index contributed by atoms with van der Waals surface area (Å²) in [5, 5.41) is 16.4. The summed E-state index contributed by atoms with van der Waals surface area (Å²) in [7, 11) is 0. The van der Waals surface area contributed by atoms with Gasteiger partial charge in [0.05, 0.1) is 22.4 Å². The summed E-state index contributed by atoms with van der Waals surface area (Å²) in [6.07, 6.45) is 5.56. The number of piperazine rings is 1. The van der Waals surface area contributed by atoms with E-state index in [1.807, 2.05) is 18.2 Å². The van der Waals surface area contributed by atoms with Gasteiger partial charge in [0.25, 0.3) is 0 Å². The third-order valence-electron chi connectivity index (χ3n) is 6.71. The van der Waals surface area contributed by atoms with Crippen LogP contribution in [0.4, 0.5) is 9.93 Å². The molecule has 0 radical (unpaired) electrons. The normalized spacial score (nSPS) is 24.2. The maximum absolute atomic E-state index is 13.0. The molecule has 0 bridgehead atoms. The van der Waals surface area contributed by atoms with Crippen molar-refractivity contribution in [2.75, 3.05) is 25.0 Å². The molecule has 3 heterocycles. The lowest BCUT2D eigenvalue weighted by atomic mass is 9.98. The van der Waals surface area contributed by atoms with E-state index in [1.165, 1.54) is 16.2 Å². The molecule has 36 heavy (non-hydrogen) atoms. The van der Waals surface area contributed by atoms with Crippen LogP contribution in [0.15, 0.2) is 30.6 Å². The topological polar surface area (TPSA) is 156 Å². The highest BCUT2D eigenvalue weighted by atomic mass is 32.1. The van der Waals surface area contributed by atoms with Crippen molar-refractivity contribution in [3.63, 3.8) is 0 Å². The molecular formula is C24H29N7O4S. The van der Waals surface area contributed by atoms with Gasteiger partial charge in [0.2, 0.25) is 5.91 Å². The first kappa shape index (κ1) is 24.5. The van der Waals surface area contributed by atoms with E-state index in [2.05, 4.69) is 25.6 Å². The van der Waals surface area contributed by atoms with E-state index in [0.29, 0.717) is 24.0 Å². The van der Waals surface area contributed by atoms with Crippen molar-refractivity contribution in [1.29, 1.82) is 0 Å². The number of fused-ring (bicyclic) bond motifs is 1. The van der Waals surface area contributed by atoms with Crippen LogP contribution in [0.5, 0.6) is 0 Å². The molecule has 1 unspecified atom stereocenters. The van der Waals surface area contributed by atoms with Crippen LogP contribution in [0.1, 0.15) is 32.0 Å². The largest absolute Gasteiger partial charge is 0.390 e. The number of aliphatic hydroxyl groups is 1. The van der Waals surface area contributed by atoms with E-state index in [0.717, 1.165) is 40.6 Å². The number of thiazole rings is 1. The fourth-order valence-electron chi connectivity index (χ4n) is 4.58. The molecule has 1 saturated heterocycles. The van der Waals surface area contributed by atoms with Crippen LogP contribution in [0.3, 0.4) is 0 Å². The fourth-order valence-corrected chi connectivity index (χ4v) is 5.48. The molecule has 1 saturated carbocycles. The number of aromatic nitrogens is 3. The predicted molar refractivity (Wildman–Crippen MR) is 135 cm³/mol. The number of benzene rings is 1.